The van der Waals surface area contributed by atoms with Crippen LogP contribution in [0.1, 0.15) is 5.56 Å². The Morgan fingerprint density at radius 3 is 1.59 bits per heavy atom. The highest BCUT2D eigenvalue weighted by atomic mass is 32.1. The summed E-state index contributed by atoms with van der Waals surface area (Å²) in [6.45, 7) is 2.19. The molecular weight excluding hydrogens is 595 g/mol. The average Bonchev–Trinajstić information content (AvgIpc) is 3.77. The van der Waals surface area contributed by atoms with Crippen molar-refractivity contribution in [3.63, 3.8) is 0 Å². The molecule has 46 heavy (non-hydrogen) atoms. The first kappa shape index (κ1) is 26.0. The molecule has 0 unspecified atom stereocenters. The number of nitrogens with zero attached hydrogens (tertiary/aromatic N) is 1. The summed E-state index contributed by atoms with van der Waals surface area (Å²) in [6.07, 6.45) is 0. The van der Waals surface area contributed by atoms with Gasteiger partial charge in [-0.1, -0.05) is 90.5 Å². The summed E-state index contributed by atoms with van der Waals surface area (Å²) in [5.74, 6) is 0. The molecule has 0 saturated carbocycles. The van der Waals surface area contributed by atoms with E-state index in [0.29, 0.717) is 0 Å². The summed E-state index contributed by atoms with van der Waals surface area (Å²) in [4.78, 5) is 0. The maximum atomic E-state index is 2.43. The second kappa shape index (κ2) is 9.89. The van der Waals surface area contributed by atoms with Crippen LogP contribution in [0.3, 0.4) is 0 Å². The van der Waals surface area contributed by atoms with Gasteiger partial charge in [0, 0.05) is 56.8 Å². The second-order valence-electron chi connectivity index (χ2n) is 12.2. The Bertz CT molecular complexity index is 2810. The number of rotatable bonds is 3. The maximum absolute atomic E-state index is 2.43. The molecule has 1 nitrogen and oxygen atoms in total. The highest BCUT2D eigenvalue weighted by molar-refractivity contribution is 7.26. The van der Waals surface area contributed by atoms with E-state index in [0.717, 1.165) is 0 Å². The summed E-state index contributed by atoms with van der Waals surface area (Å²) < 4.78 is 7.78. The molecule has 10 aromatic rings. The second-order valence-corrected chi connectivity index (χ2v) is 14.4. The molecule has 3 heterocycles. The third kappa shape index (κ3) is 3.79. The number of hydrogen-bond acceptors (Lipinski definition) is 2. The smallest absolute Gasteiger partial charge is 0.0541 e. The van der Waals surface area contributed by atoms with Crippen molar-refractivity contribution in [3.05, 3.63) is 151 Å². The minimum atomic E-state index is 1.17. The van der Waals surface area contributed by atoms with Gasteiger partial charge in [-0.25, -0.2) is 0 Å². The van der Waals surface area contributed by atoms with Crippen LogP contribution in [0.2, 0.25) is 0 Å². The van der Waals surface area contributed by atoms with Crippen molar-refractivity contribution >= 4 is 84.8 Å². The van der Waals surface area contributed by atoms with Crippen LogP contribution >= 0.6 is 22.7 Å². The standard InChI is InChI=1S/C43H27NS2/c1-26-16-22-36-34(24-26)35-25-28(31-11-7-15-41-43(31)33-9-3-5-13-39(33)46-41)19-23-37(35)44(36)29-20-17-27(18-21-29)30-10-6-14-40-42(30)32-8-2-4-12-38(32)45-40/h2-25H,1H3. The van der Waals surface area contributed by atoms with Gasteiger partial charge in [-0.15, -0.1) is 22.7 Å². The summed E-state index contributed by atoms with van der Waals surface area (Å²) in [7, 11) is 0. The van der Waals surface area contributed by atoms with Gasteiger partial charge >= 0.3 is 0 Å². The largest absolute Gasteiger partial charge is 0.309 e. The first-order valence-electron chi connectivity index (χ1n) is 15.7. The van der Waals surface area contributed by atoms with Gasteiger partial charge < -0.3 is 4.57 Å². The van der Waals surface area contributed by atoms with Gasteiger partial charge in [-0.3, -0.25) is 0 Å². The lowest BCUT2D eigenvalue weighted by Crippen LogP contribution is -1.94. The minimum Gasteiger partial charge on any atom is -0.309 e. The Morgan fingerprint density at radius 1 is 0.413 bits per heavy atom. The molecule has 0 aliphatic heterocycles. The molecule has 10 rings (SSSR count). The highest BCUT2D eigenvalue weighted by Gasteiger charge is 2.17. The zero-order valence-electron chi connectivity index (χ0n) is 25.1. The van der Waals surface area contributed by atoms with Gasteiger partial charge in [-0.05, 0) is 89.8 Å². The van der Waals surface area contributed by atoms with Crippen molar-refractivity contribution in [2.24, 2.45) is 0 Å². The van der Waals surface area contributed by atoms with E-state index in [9.17, 15) is 0 Å². The molecule has 0 atom stereocenters. The van der Waals surface area contributed by atoms with Crippen LogP contribution in [-0.2, 0) is 0 Å². The third-order valence-electron chi connectivity index (χ3n) is 9.47. The van der Waals surface area contributed by atoms with Crippen LogP contribution in [0.4, 0.5) is 0 Å². The molecule has 0 amide bonds. The normalized spacial score (nSPS) is 12.0. The van der Waals surface area contributed by atoms with Gasteiger partial charge in [0.25, 0.3) is 0 Å². The maximum Gasteiger partial charge on any atom is 0.0541 e. The molecule has 0 spiro atoms. The predicted molar refractivity (Wildman–Crippen MR) is 202 cm³/mol. The fourth-order valence-corrected chi connectivity index (χ4v) is 9.67. The lowest BCUT2D eigenvalue weighted by molar-refractivity contribution is 1.18. The van der Waals surface area contributed by atoms with Crippen molar-refractivity contribution < 1.29 is 0 Å². The van der Waals surface area contributed by atoms with E-state index < -0.39 is 0 Å². The molecule has 3 heteroatoms. The van der Waals surface area contributed by atoms with Crippen molar-refractivity contribution in [2.75, 3.05) is 0 Å². The molecule has 0 saturated heterocycles. The molecule has 0 fully saturated rings. The summed E-state index contributed by atoms with van der Waals surface area (Å²) in [5, 5.41) is 7.95. The van der Waals surface area contributed by atoms with E-state index >= 15 is 0 Å². The van der Waals surface area contributed by atoms with Gasteiger partial charge in [0.1, 0.15) is 0 Å². The highest BCUT2D eigenvalue weighted by Crippen LogP contribution is 2.43. The number of aromatic nitrogens is 1. The van der Waals surface area contributed by atoms with Crippen LogP contribution in [0.25, 0.3) is 90.1 Å². The fraction of sp³-hybridized carbons (Fsp3) is 0.0233. The topological polar surface area (TPSA) is 4.93 Å². The monoisotopic (exact) mass is 621 g/mol. The molecule has 3 aromatic heterocycles. The third-order valence-corrected chi connectivity index (χ3v) is 11.7. The SMILES string of the molecule is Cc1ccc2c(c1)c1cc(-c3cccc4sc5ccccc5c34)ccc1n2-c1ccc(-c2cccc3sc4ccccc4c23)cc1. The van der Waals surface area contributed by atoms with E-state index in [2.05, 4.69) is 157 Å². The molecular formula is C43H27NS2. The molecule has 216 valence electrons. The van der Waals surface area contributed by atoms with E-state index in [4.69, 9.17) is 0 Å². The van der Waals surface area contributed by atoms with Crippen molar-refractivity contribution in [2.45, 2.75) is 6.92 Å². The van der Waals surface area contributed by atoms with Crippen molar-refractivity contribution in [1.82, 2.24) is 4.57 Å². The Balaban J connectivity index is 1.15. The first-order chi connectivity index (χ1) is 22.7. The van der Waals surface area contributed by atoms with E-state index in [-0.39, 0.29) is 0 Å². The quantitative estimate of drug-likeness (QED) is 0.185. The fourth-order valence-electron chi connectivity index (χ4n) is 7.40. The van der Waals surface area contributed by atoms with Crippen LogP contribution in [0.5, 0.6) is 0 Å². The van der Waals surface area contributed by atoms with Gasteiger partial charge in [0.05, 0.1) is 11.0 Å². The lowest BCUT2D eigenvalue weighted by Gasteiger charge is -2.11. The molecule has 0 aliphatic rings. The molecule has 7 aromatic carbocycles. The van der Waals surface area contributed by atoms with E-state index in [1.165, 1.54) is 95.7 Å². The summed E-state index contributed by atoms with van der Waals surface area (Å²) in [5.41, 5.74) is 9.99. The minimum absolute atomic E-state index is 1.17. The number of thiophene rings is 2. The Hall–Kier alpha value is -5.22. The van der Waals surface area contributed by atoms with Crippen LogP contribution in [0.15, 0.2) is 146 Å². The number of aryl methyl sites for hydroxylation is 1. The predicted octanol–water partition coefficient (Wildman–Crippen LogP) is 13.2. The Labute approximate surface area is 274 Å². The molecule has 0 radical (unpaired) electrons. The summed E-state index contributed by atoms with van der Waals surface area (Å²) >= 11 is 3.75. The number of fused-ring (bicyclic) bond motifs is 9. The van der Waals surface area contributed by atoms with E-state index in [1.54, 1.807) is 0 Å². The number of hydrogen-bond donors (Lipinski definition) is 0. The summed E-state index contributed by atoms with van der Waals surface area (Å²) in [6, 6.07) is 54.0. The number of benzene rings is 7. The lowest BCUT2D eigenvalue weighted by atomic mass is 9.98. The van der Waals surface area contributed by atoms with Crippen molar-refractivity contribution in [3.8, 4) is 27.9 Å². The zero-order chi connectivity index (χ0) is 30.4. The van der Waals surface area contributed by atoms with Crippen LogP contribution in [-0.4, -0.2) is 4.57 Å². The average molecular weight is 622 g/mol. The first-order valence-corrected chi connectivity index (χ1v) is 17.3. The van der Waals surface area contributed by atoms with Crippen LogP contribution in [0, 0.1) is 6.92 Å². The molecule has 0 N–H and O–H groups in total. The Morgan fingerprint density at radius 2 is 0.935 bits per heavy atom. The van der Waals surface area contributed by atoms with E-state index in [1.807, 2.05) is 22.7 Å². The molecule has 0 aliphatic carbocycles. The van der Waals surface area contributed by atoms with Crippen LogP contribution < -0.4 is 0 Å². The molecule has 0 bridgehead atoms. The zero-order valence-corrected chi connectivity index (χ0v) is 26.8. The van der Waals surface area contributed by atoms with Crippen molar-refractivity contribution in [1.29, 1.82) is 0 Å². The van der Waals surface area contributed by atoms with Gasteiger partial charge in [-0.2, -0.15) is 0 Å². The Kier molecular flexibility index (Phi) is 5.60. The van der Waals surface area contributed by atoms with Gasteiger partial charge in [0.2, 0.25) is 0 Å². The van der Waals surface area contributed by atoms with Gasteiger partial charge in [0.15, 0.2) is 0 Å².